The van der Waals surface area contributed by atoms with E-state index in [-0.39, 0.29) is 23.6 Å². The number of hydrogen-bond acceptors (Lipinski definition) is 5. The van der Waals surface area contributed by atoms with Gasteiger partial charge in [-0.2, -0.15) is 5.26 Å². The number of nitrogens with one attached hydrogen (secondary N) is 1. The van der Waals surface area contributed by atoms with E-state index < -0.39 is 5.91 Å². The van der Waals surface area contributed by atoms with Crippen LogP contribution in [-0.4, -0.2) is 5.91 Å². The Bertz CT molecular complexity index is 1170. The minimum Gasteiger partial charge on any atom is -0.486 e. The predicted molar refractivity (Wildman–Crippen MR) is 121 cm³/mol. The molecule has 1 N–H and O–H groups in total. The van der Waals surface area contributed by atoms with Gasteiger partial charge in [-0.05, 0) is 72.6 Å². The Balaban J connectivity index is 1.44. The number of thiophene rings is 1. The van der Waals surface area contributed by atoms with Gasteiger partial charge in [-0.3, -0.25) is 4.79 Å². The van der Waals surface area contributed by atoms with Crippen molar-refractivity contribution < 1.29 is 18.3 Å². The molecule has 1 atom stereocenters. The number of fused-ring (bicyclic) bond motifs is 1. The molecule has 0 radical (unpaired) electrons. The largest absolute Gasteiger partial charge is 0.486 e. The molecule has 2 aromatic heterocycles. The number of halogens is 1. The van der Waals surface area contributed by atoms with Crippen LogP contribution in [0.15, 0.2) is 40.8 Å². The van der Waals surface area contributed by atoms with Gasteiger partial charge >= 0.3 is 0 Å². The highest BCUT2D eigenvalue weighted by Crippen LogP contribution is 2.44. The summed E-state index contributed by atoms with van der Waals surface area (Å²) in [5.74, 6) is 0.933. The van der Waals surface area contributed by atoms with Gasteiger partial charge in [0.05, 0.1) is 5.56 Å². The van der Waals surface area contributed by atoms with Gasteiger partial charge in [-0.15, -0.1) is 11.3 Å². The Kier molecular flexibility index (Phi) is 6.07. The first-order chi connectivity index (χ1) is 15.2. The van der Waals surface area contributed by atoms with E-state index in [1.807, 2.05) is 0 Å². The molecule has 0 unspecified atom stereocenters. The van der Waals surface area contributed by atoms with Crippen molar-refractivity contribution in [3.63, 3.8) is 0 Å². The summed E-state index contributed by atoms with van der Waals surface area (Å²) < 4.78 is 24.1. The molecule has 1 aliphatic carbocycles. The number of carbonyl (C=O) groups excluding carboxylic acids is 1. The van der Waals surface area contributed by atoms with Crippen LogP contribution in [0, 0.1) is 28.5 Å². The van der Waals surface area contributed by atoms with E-state index in [1.54, 1.807) is 12.1 Å². The van der Waals surface area contributed by atoms with Crippen molar-refractivity contribution in [2.75, 3.05) is 5.32 Å². The molecule has 0 aliphatic heterocycles. The van der Waals surface area contributed by atoms with Crippen molar-refractivity contribution in [2.24, 2.45) is 11.3 Å². The third kappa shape index (κ3) is 4.71. The fourth-order valence-electron chi connectivity index (χ4n) is 3.96. The molecule has 5 nitrogen and oxygen atoms in total. The number of benzene rings is 1. The third-order valence-electron chi connectivity index (χ3n) is 5.91. The minimum absolute atomic E-state index is 0.115. The number of anilines is 1. The molecule has 0 saturated heterocycles. The molecule has 2 heterocycles. The molecule has 7 heteroatoms. The number of ether oxygens (including phenoxy) is 1. The smallest absolute Gasteiger partial charge is 0.292 e. The number of nitrogens with zero attached hydrogens (tertiary/aromatic N) is 1. The lowest BCUT2D eigenvalue weighted by Gasteiger charge is -2.33. The summed E-state index contributed by atoms with van der Waals surface area (Å²) >= 11 is 1.49. The van der Waals surface area contributed by atoms with E-state index in [9.17, 15) is 14.4 Å². The summed E-state index contributed by atoms with van der Waals surface area (Å²) in [6, 6.07) is 11.2. The van der Waals surface area contributed by atoms with Gasteiger partial charge in [-0.25, -0.2) is 4.39 Å². The molecule has 4 rings (SSSR count). The monoisotopic (exact) mass is 452 g/mol. The molecular formula is C25H25FN2O3S. The van der Waals surface area contributed by atoms with Crippen molar-refractivity contribution >= 4 is 22.2 Å². The van der Waals surface area contributed by atoms with Crippen LogP contribution in [0.3, 0.4) is 0 Å². The number of hydrogen-bond donors (Lipinski definition) is 1. The van der Waals surface area contributed by atoms with Crippen LogP contribution in [0.2, 0.25) is 0 Å². The van der Waals surface area contributed by atoms with Gasteiger partial charge in [0.2, 0.25) is 0 Å². The van der Waals surface area contributed by atoms with Crippen molar-refractivity contribution in [3.8, 4) is 11.8 Å². The number of furan rings is 1. The van der Waals surface area contributed by atoms with E-state index in [2.05, 4.69) is 32.2 Å². The molecule has 1 aromatic carbocycles. The summed E-state index contributed by atoms with van der Waals surface area (Å²) in [6.07, 6.45) is 2.84. The van der Waals surface area contributed by atoms with Crippen molar-refractivity contribution in [3.05, 3.63) is 69.7 Å². The van der Waals surface area contributed by atoms with Gasteiger partial charge in [0.1, 0.15) is 35.0 Å². The summed E-state index contributed by atoms with van der Waals surface area (Å²) in [5.41, 5.74) is 1.84. The number of nitriles is 1. The van der Waals surface area contributed by atoms with E-state index in [1.165, 1.54) is 40.5 Å². The molecule has 0 bridgehead atoms. The molecule has 0 spiro atoms. The Labute approximate surface area is 190 Å². The predicted octanol–water partition coefficient (Wildman–Crippen LogP) is 6.33. The second-order valence-electron chi connectivity index (χ2n) is 9.09. The fourth-order valence-corrected chi connectivity index (χ4v) is 5.23. The van der Waals surface area contributed by atoms with Gasteiger partial charge in [0, 0.05) is 4.88 Å². The average Bonchev–Trinajstić information content (AvgIpc) is 3.36. The Hall–Kier alpha value is -3.11. The van der Waals surface area contributed by atoms with E-state index in [4.69, 9.17) is 9.15 Å². The molecule has 32 heavy (non-hydrogen) atoms. The zero-order valence-electron chi connectivity index (χ0n) is 18.3. The molecular weight excluding hydrogens is 427 g/mol. The second kappa shape index (κ2) is 8.79. The Morgan fingerprint density at radius 3 is 2.72 bits per heavy atom. The van der Waals surface area contributed by atoms with Crippen LogP contribution in [0.5, 0.6) is 5.75 Å². The van der Waals surface area contributed by atoms with Crippen LogP contribution in [-0.2, 0) is 19.4 Å². The highest BCUT2D eigenvalue weighted by molar-refractivity contribution is 7.16. The summed E-state index contributed by atoms with van der Waals surface area (Å²) in [6.45, 7) is 6.86. The van der Waals surface area contributed by atoms with Crippen molar-refractivity contribution in [1.82, 2.24) is 0 Å². The first-order valence-electron chi connectivity index (χ1n) is 10.6. The molecule has 1 amide bonds. The summed E-state index contributed by atoms with van der Waals surface area (Å²) in [4.78, 5) is 13.9. The number of rotatable bonds is 5. The minimum atomic E-state index is -0.402. The van der Waals surface area contributed by atoms with Crippen LogP contribution in [0.25, 0.3) is 0 Å². The van der Waals surface area contributed by atoms with Crippen LogP contribution < -0.4 is 10.1 Å². The topological polar surface area (TPSA) is 75.3 Å². The van der Waals surface area contributed by atoms with Gasteiger partial charge in [0.25, 0.3) is 5.91 Å². The lowest BCUT2D eigenvalue weighted by Crippen LogP contribution is -2.26. The number of amides is 1. The molecule has 1 aliphatic rings. The highest BCUT2D eigenvalue weighted by atomic mass is 32.1. The molecule has 166 valence electrons. The van der Waals surface area contributed by atoms with Crippen LogP contribution >= 0.6 is 11.3 Å². The Morgan fingerprint density at radius 1 is 1.28 bits per heavy atom. The number of carbonyl (C=O) groups is 1. The zero-order valence-corrected chi connectivity index (χ0v) is 19.1. The van der Waals surface area contributed by atoms with Crippen LogP contribution in [0.1, 0.15) is 59.5 Å². The first kappa shape index (κ1) is 22.1. The van der Waals surface area contributed by atoms with E-state index in [0.29, 0.717) is 28.0 Å². The van der Waals surface area contributed by atoms with E-state index in [0.717, 1.165) is 24.8 Å². The molecule has 0 fully saturated rings. The fraction of sp³-hybridized carbons (Fsp3) is 0.360. The average molecular weight is 453 g/mol. The van der Waals surface area contributed by atoms with Gasteiger partial charge in [-0.1, -0.05) is 20.8 Å². The highest BCUT2D eigenvalue weighted by Gasteiger charge is 2.32. The first-order valence-corrected chi connectivity index (χ1v) is 11.4. The molecule has 0 saturated carbocycles. The lowest BCUT2D eigenvalue weighted by atomic mass is 9.72. The standard InChI is InChI=1S/C25H25FN2O3S/c1-25(2,3)15-4-10-19-20(13-27)24(32-22(19)12-15)28-23(29)21-11-9-18(31-21)14-30-17-7-5-16(26)6-8-17/h5-9,11,15H,4,10,12,14H2,1-3H3,(H,28,29)/t15-/m0/s1. The van der Waals surface area contributed by atoms with Gasteiger partial charge < -0.3 is 14.5 Å². The maximum absolute atomic E-state index is 13.0. The molecule has 3 aromatic rings. The maximum Gasteiger partial charge on any atom is 0.292 e. The third-order valence-corrected chi connectivity index (χ3v) is 7.08. The quantitative estimate of drug-likeness (QED) is 0.490. The maximum atomic E-state index is 13.0. The normalized spacial score (nSPS) is 15.7. The Morgan fingerprint density at radius 2 is 2.03 bits per heavy atom. The summed E-state index contributed by atoms with van der Waals surface area (Å²) in [5, 5.41) is 13.2. The zero-order chi connectivity index (χ0) is 22.9. The van der Waals surface area contributed by atoms with Crippen molar-refractivity contribution in [2.45, 2.75) is 46.6 Å². The van der Waals surface area contributed by atoms with Crippen LogP contribution in [0.4, 0.5) is 9.39 Å². The van der Waals surface area contributed by atoms with Gasteiger partial charge in [0.15, 0.2) is 5.76 Å². The lowest BCUT2D eigenvalue weighted by molar-refractivity contribution is 0.0993. The van der Waals surface area contributed by atoms with E-state index >= 15 is 0 Å². The second-order valence-corrected chi connectivity index (χ2v) is 10.2. The SMILES string of the molecule is CC(C)(C)[C@H]1CCc2c(sc(NC(=O)c3ccc(COc4ccc(F)cc4)o3)c2C#N)C1. The summed E-state index contributed by atoms with van der Waals surface area (Å²) in [7, 11) is 0. The van der Waals surface area contributed by atoms with Crippen molar-refractivity contribution in [1.29, 1.82) is 5.26 Å².